The molecule has 1 aliphatic rings. The van der Waals surface area contributed by atoms with Gasteiger partial charge in [-0.25, -0.2) is 4.98 Å². The first kappa shape index (κ1) is 18.1. The number of aliphatic hydroxyl groups excluding tert-OH is 1. The molecule has 0 bridgehead atoms. The van der Waals surface area contributed by atoms with E-state index in [1.165, 1.54) is 5.56 Å². The summed E-state index contributed by atoms with van der Waals surface area (Å²) in [6.07, 6.45) is 6.93. The lowest BCUT2D eigenvalue weighted by atomic mass is 10.1. The van der Waals surface area contributed by atoms with E-state index in [1.807, 2.05) is 50.3 Å². The molecule has 1 heterocycles. The van der Waals surface area contributed by atoms with Gasteiger partial charge in [-0.3, -0.25) is 5.43 Å². The van der Waals surface area contributed by atoms with E-state index in [2.05, 4.69) is 26.6 Å². The monoisotopic (exact) mass is 351 g/mol. The zero-order chi connectivity index (χ0) is 18.5. The summed E-state index contributed by atoms with van der Waals surface area (Å²) in [7, 11) is 0. The van der Waals surface area contributed by atoms with Crippen LogP contribution >= 0.6 is 0 Å². The second-order valence-electron chi connectivity index (χ2n) is 6.45. The molecule has 26 heavy (non-hydrogen) atoms. The second kappa shape index (κ2) is 8.12. The zero-order valence-corrected chi connectivity index (χ0v) is 15.2. The third kappa shape index (κ3) is 4.09. The van der Waals surface area contributed by atoms with E-state index < -0.39 is 0 Å². The van der Waals surface area contributed by atoms with Crippen molar-refractivity contribution in [3.63, 3.8) is 0 Å². The van der Waals surface area contributed by atoms with Gasteiger partial charge in [-0.2, -0.15) is 5.10 Å². The summed E-state index contributed by atoms with van der Waals surface area (Å²) in [6.45, 7) is 4.37. The highest BCUT2D eigenvalue weighted by Gasteiger charge is 2.15. The maximum Gasteiger partial charge on any atom is 0.130 e. The summed E-state index contributed by atoms with van der Waals surface area (Å²) in [5.74, 6) is 0.808. The zero-order valence-electron chi connectivity index (χ0n) is 15.2. The molecule has 0 aliphatic heterocycles. The number of imidazole rings is 1. The van der Waals surface area contributed by atoms with E-state index in [9.17, 15) is 5.11 Å². The van der Waals surface area contributed by atoms with Crippen LogP contribution in [-0.4, -0.2) is 33.9 Å². The highest BCUT2D eigenvalue weighted by Crippen LogP contribution is 2.19. The smallest absolute Gasteiger partial charge is 0.130 e. The first-order valence-electron chi connectivity index (χ1n) is 8.76. The molecule has 6 nitrogen and oxygen atoms in total. The van der Waals surface area contributed by atoms with Crippen LogP contribution in [-0.2, 0) is 6.42 Å². The standard InChI is InChI=1S/C20H25N5O/c1-13-6-8-16(9-7-13)19(12-26)25-24-14(2)20-22-17-5-3-4-15(11-21)10-18(17)23-20/h3-4,6-10,14,24,26H,5,11-12,21H2,1-2H3,(H,22,23)/b25-19+. The Morgan fingerprint density at radius 2 is 2.15 bits per heavy atom. The number of nitrogens with two attached hydrogens (primary N) is 1. The minimum atomic E-state index is -0.134. The fourth-order valence-electron chi connectivity index (χ4n) is 2.78. The van der Waals surface area contributed by atoms with Crippen LogP contribution in [0.25, 0.3) is 6.08 Å². The van der Waals surface area contributed by atoms with Crippen LogP contribution in [0.2, 0.25) is 0 Å². The van der Waals surface area contributed by atoms with E-state index in [0.717, 1.165) is 34.8 Å². The molecule has 0 spiro atoms. The minimum Gasteiger partial charge on any atom is -0.390 e. The Morgan fingerprint density at radius 3 is 2.85 bits per heavy atom. The van der Waals surface area contributed by atoms with Crippen LogP contribution in [0.3, 0.4) is 0 Å². The van der Waals surface area contributed by atoms with Crippen LogP contribution in [0.5, 0.6) is 0 Å². The summed E-state index contributed by atoms with van der Waals surface area (Å²) in [5.41, 5.74) is 14.5. The maximum atomic E-state index is 9.63. The lowest BCUT2D eigenvalue weighted by Crippen LogP contribution is -2.18. The third-order valence-electron chi connectivity index (χ3n) is 4.38. The molecule has 1 aliphatic carbocycles. The quantitative estimate of drug-likeness (QED) is 0.474. The topological polar surface area (TPSA) is 99.3 Å². The van der Waals surface area contributed by atoms with E-state index in [4.69, 9.17) is 5.73 Å². The van der Waals surface area contributed by atoms with Crippen molar-refractivity contribution in [1.29, 1.82) is 0 Å². The van der Waals surface area contributed by atoms with Gasteiger partial charge in [0, 0.05) is 24.2 Å². The molecule has 0 radical (unpaired) electrons. The van der Waals surface area contributed by atoms with Crippen LogP contribution in [0.1, 0.15) is 41.3 Å². The number of hydrogen-bond acceptors (Lipinski definition) is 5. The normalized spacial score (nSPS) is 15.2. The lowest BCUT2D eigenvalue weighted by Gasteiger charge is -2.10. The summed E-state index contributed by atoms with van der Waals surface area (Å²) in [4.78, 5) is 8.04. The summed E-state index contributed by atoms with van der Waals surface area (Å²) >= 11 is 0. The Kier molecular flexibility index (Phi) is 5.65. The van der Waals surface area contributed by atoms with E-state index in [0.29, 0.717) is 12.3 Å². The Bertz CT molecular complexity index is 846. The van der Waals surface area contributed by atoms with Crippen LogP contribution in [0, 0.1) is 6.92 Å². The van der Waals surface area contributed by atoms with Gasteiger partial charge in [-0.05, 0) is 25.5 Å². The summed E-state index contributed by atoms with van der Waals surface area (Å²) < 4.78 is 0. The first-order valence-corrected chi connectivity index (χ1v) is 8.76. The van der Waals surface area contributed by atoms with Gasteiger partial charge < -0.3 is 15.8 Å². The number of aliphatic hydroxyl groups is 1. The molecular weight excluding hydrogens is 326 g/mol. The third-order valence-corrected chi connectivity index (χ3v) is 4.38. The molecule has 0 saturated heterocycles. The number of nitrogens with zero attached hydrogens (tertiary/aromatic N) is 2. The Balaban J connectivity index is 1.76. The SMILES string of the molecule is Cc1ccc(/C(CO)=N/NC(C)c2nc3c([nH]2)CC=CC(CN)=C3)cc1. The number of allylic oxidation sites excluding steroid dienone is 1. The molecule has 0 fully saturated rings. The summed E-state index contributed by atoms with van der Waals surface area (Å²) in [5, 5.41) is 14.0. The number of nitrogens with one attached hydrogen (secondary N) is 2. The number of aromatic nitrogens is 2. The van der Waals surface area contributed by atoms with Gasteiger partial charge in [-0.15, -0.1) is 0 Å². The van der Waals surface area contributed by atoms with Crippen molar-refractivity contribution >= 4 is 11.8 Å². The van der Waals surface area contributed by atoms with Crippen LogP contribution < -0.4 is 11.2 Å². The average molecular weight is 351 g/mol. The molecule has 0 saturated carbocycles. The predicted molar refractivity (Wildman–Crippen MR) is 105 cm³/mol. The molecular formula is C20H25N5O. The molecule has 1 aromatic carbocycles. The van der Waals surface area contributed by atoms with Crippen LogP contribution in [0.15, 0.2) is 47.1 Å². The van der Waals surface area contributed by atoms with Crippen molar-refractivity contribution in [2.45, 2.75) is 26.3 Å². The van der Waals surface area contributed by atoms with E-state index >= 15 is 0 Å². The Hall–Kier alpha value is -2.70. The molecule has 1 aromatic heterocycles. The van der Waals surface area contributed by atoms with Crippen molar-refractivity contribution in [2.24, 2.45) is 10.8 Å². The number of H-pyrrole nitrogens is 1. The molecule has 0 amide bonds. The number of hydrogen-bond donors (Lipinski definition) is 4. The molecule has 5 N–H and O–H groups in total. The second-order valence-corrected chi connectivity index (χ2v) is 6.45. The van der Waals surface area contributed by atoms with Crippen molar-refractivity contribution in [2.75, 3.05) is 13.2 Å². The van der Waals surface area contributed by atoms with Gasteiger partial charge in [0.25, 0.3) is 0 Å². The predicted octanol–water partition coefficient (Wildman–Crippen LogP) is 2.22. The molecule has 3 rings (SSSR count). The Morgan fingerprint density at radius 1 is 1.38 bits per heavy atom. The fraction of sp³-hybridized carbons (Fsp3) is 0.300. The number of aryl methyl sites for hydroxylation is 1. The molecule has 2 aromatic rings. The Labute approximate surface area is 153 Å². The number of hydrazone groups is 1. The minimum absolute atomic E-state index is 0.118. The number of aromatic amines is 1. The number of fused-ring (bicyclic) bond motifs is 1. The van der Waals surface area contributed by atoms with E-state index in [-0.39, 0.29) is 12.6 Å². The van der Waals surface area contributed by atoms with Gasteiger partial charge in [0.15, 0.2) is 0 Å². The molecule has 6 heteroatoms. The van der Waals surface area contributed by atoms with Crippen molar-refractivity contribution in [3.8, 4) is 0 Å². The van der Waals surface area contributed by atoms with Crippen LogP contribution in [0.4, 0.5) is 0 Å². The van der Waals surface area contributed by atoms with Crippen molar-refractivity contribution in [3.05, 3.63) is 70.3 Å². The highest BCUT2D eigenvalue weighted by atomic mass is 16.3. The average Bonchev–Trinajstić information content (AvgIpc) is 2.95. The van der Waals surface area contributed by atoms with Gasteiger partial charge >= 0.3 is 0 Å². The van der Waals surface area contributed by atoms with Gasteiger partial charge in [0.1, 0.15) is 5.82 Å². The highest BCUT2D eigenvalue weighted by molar-refractivity contribution is 6.01. The largest absolute Gasteiger partial charge is 0.390 e. The van der Waals surface area contributed by atoms with Gasteiger partial charge in [-0.1, -0.05) is 42.0 Å². The molecule has 1 atom stereocenters. The number of benzene rings is 1. The lowest BCUT2D eigenvalue weighted by molar-refractivity contribution is 0.356. The van der Waals surface area contributed by atoms with Gasteiger partial charge in [0.05, 0.1) is 24.1 Å². The van der Waals surface area contributed by atoms with Crippen molar-refractivity contribution < 1.29 is 5.11 Å². The fourth-order valence-corrected chi connectivity index (χ4v) is 2.78. The maximum absolute atomic E-state index is 9.63. The summed E-state index contributed by atoms with van der Waals surface area (Å²) in [6, 6.07) is 7.80. The molecule has 1 unspecified atom stereocenters. The van der Waals surface area contributed by atoms with Crippen molar-refractivity contribution in [1.82, 2.24) is 15.4 Å². The van der Waals surface area contributed by atoms with E-state index in [1.54, 1.807) is 0 Å². The molecule has 136 valence electrons. The van der Waals surface area contributed by atoms with Gasteiger partial charge in [0.2, 0.25) is 0 Å². The number of rotatable bonds is 6. The first-order chi connectivity index (χ1) is 12.6.